The Morgan fingerprint density at radius 2 is 1.84 bits per heavy atom. The number of carbonyl (C=O) groups is 2. The molecular weight excluding hydrogens is 408 g/mol. The third-order valence-electron chi connectivity index (χ3n) is 5.98. The number of hydrogen-bond acceptors (Lipinski definition) is 4. The first-order chi connectivity index (χ1) is 15.4. The van der Waals surface area contributed by atoms with E-state index in [0.29, 0.717) is 25.7 Å². The highest BCUT2D eigenvalue weighted by Gasteiger charge is 2.33. The number of nitrogens with zero attached hydrogens (tertiary/aromatic N) is 3. The molecule has 1 aromatic carbocycles. The summed E-state index contributed by atoms with van der Waals surface area (Å²) in [6.07, 6.45) is 7.38. The summed E-state index contributed by atoms with van der Waals surface area (Å²) in [5, 5.41) is 19.0. The van der Waals surface area contributed by atoms with Gasteiger partial charge in [-0.1, -0.05) is 50.5 Å². The average molecular weight is 437 g/mol. The summed E-state index contributed by atoms with van der Waals surface area (Å²) in [6.45, 7) is 2.03. The largest absolute Gasteiger partial charge is 0.465 e. The number of aryl methyl sites for hydroxylation is 1. The van der Waals surface area contributed by atoms with Crippen LogP contribution in [0.3, 0.4) is 0 Å². The lowest BCUT2D eigenvalue weighted by Gasteiger charge is -2.32. The molecule has 3 rings (SSSR count). The summed E-state index contributed by atoms with van der Waals surface area (Å²) in [7, 11) is 0. The molecule has 8 heteroatoms. The third-order valence-corrected chi connectivity index (χ3v) is 5.98. The highest BCUT2D eigenvalue weighted by molar-refractivity contribution is 5.91. The first-order valence-electron chi connectivity index (χ1n) is 11.0. The number of nitriles is 1. The molecule has 3 amide bonds. The molecule has 0 unspecified atom stereocenters. The fraction of sp³-hybridized carbons (Fsp3) is 0.417. The molecule has 0 atom stereocenters. The van der Waals surface area contributed by atoms with Crippen molar-refractivity contribution in [2.45, 2.75) is 57.9 Å². The van der Waals surface area contributed by atoms with E-state index in [1.165, 1.54) is 0 Å². The van der Waals surface area contributed by atoms with Gasteiger partial charge in [0.25, 0.3) is 5.56 Å². The summed E-state index contributed by atoms with van der Waals surface area (Å²) in [4.78, 5) is 40.8. The number of carboxylic acid groups (broad SMARTS) is 1. The predicted octanol–water partition coefficient (Wildman–Crippen LogP) is 4.36. The van der Waals surface area contributed by atoms with Crippen LogP contribution in [0, 0.1) is 11.5 Å². The van der Waals surface area contributed by atoms with E-state index >= 15 is 0 Å². The molecule has 2 N–H and O–H groups in total. The van der Waals surface area contributed by atoms with Crippen molar-refractivity contribution in [1.29, 1.82) is 5.26 Å². The van der Waals surface area contributed by atoms with Gasteiger partial charge in [0.15, 0.2) is 6.19 Å². The highest BCUT2D eigenvalue weighted by Crippen LogP contribution is 2.24. The Morgan fingerprint density at radius 3 is 2.44 bits per heavy atom. The van der Waals surface area contributed by atoms with Crippen molar-refractivity contribution in [3.05, 3.63) is 58.0 Å². The van der Waals surface area contributed by atoms with E-state index < -0.39 is 12.1 Å². The number of aromatic amines is 1. The van der Waals surface area contributed by atoms with Crippen LogP contribution in [0.1, 0.15) is 50.2 Å². The van der Waals surface area contributed by atoms with Crippen LogP contribution in [0.15, 0.2) is 41.3 Å². The van der Waals surface area contributed by atoms with Gasteiger partial charge in [0.05, 0.1) is 0 Å². The van der Waals surface area contributed by atoms with Crippen LogP contribution in [-0.2, 0) is 12.8 Å². The number of benzene rings is 1. The van der Waals surface area contributed by atoms with Crippen LogP contribution in [0.25, 0.3) is 11.1 Å². The van der Waals surface area contributed by atoms with Crippen LogP contribution >= 0.6 is 0 Å². The molecule has 168 valence electrons. The van der Waals surface area contributed by atoms with Crippen molar-refractivity contribution < 1.29 is 14.7 Å². The Hall–Kier alpha value is -3.60. The number of urea groups is 1. The van der Waals surface area contributed by atoms with Gasteiger partial charge in [0.2, 0.25) is 0 Å². The summed E-state index contributed by atoms with van der Waals surface area (Å²) < 4.78 is 0. The van der Waals surface area contributed by atoms with Crippen LogP contribution in [0.4, 0.5) is 9.59 Å². The van der Waals surface area contributed by atoms with E-state index in [1.54, 1.807) is 6.20 Å². The minimum atomic E-state index is -1.31. The lowest BCUT2D eigenvalue weighted by Crippen LogP contribution is -2.50. The number of amides is 3. The van der Waals surface area contributed by atoms with Gasteiger partial charge in [-0.3, -0.25) is 4.79 Å². The smallest absolute Gasteiger partial charge is 0.415 e. The minimum Gasteiger partial charge on any atom is -0.465 e. The maximum atomic E-state index is 12.8. The second kappa shape index (κ2) is 10.6. The number of carbonyl (C=O) groups excluding carboxylic acids is 1. The van der Waals surface area contributed by atoms with Crippen LogP contribution in [0.2, 0.25) is 0 Å². The molecule has 0 saturated heterocycles. The van der Waals surface area contributed by atoms with Crippen molar-refractivity contribution in [1.82, 2.24) is 14.8 Å². The molecule has 32 heavy (non-hydrogen) atoms. The van der Waals surface area contributed by atoms with Gasteiger partial charge in [0, 0.05) is 24.3 Å². The Morgan fingerprint density at radius 1 is 1.16 bits per heavy atom. The Balaban J connectivity index is 1.66. The first kappa shape index (κ1) is 23.1. The van der Waals surface area contributed by atoms with Crippen molar-refractivity contribution >= 4 is 12.1 Å². The zero-order valence-electron chi connectivity index (χ0n) is 18.2. The summed E-state index contributed by atoms with van der Waals surface area (Å²) >= 11 is 0. The van der Waals surface area contributed by atoms with Crippen molar-refractivity contribution in [2.24, 2.45) is 0 Å². The number of nitrogens with one attached hydrogen (secondary N) is 1. The number of H-pyrrole nitrogens is 1. The van der Waals surface area contributed by atoms with E-state index in [1.807, 2.05) is 43.4 Å². The molecular formula is C24H28N4O4. The molecule has 1 aromatic heterocycles. The maximum Gasteiger partial charge on any atom is 0.415 e. The second-order valence-corrected chi connectivity index (χ2v) is 8.02. The molecule has 1 aliphatic carbocycles. The Labute approximate surface area is 187 Å². The van der Waals surface area contributed by atoms with Gasteiger partial charge in [-0.05, 0) is 48.4 Å². The second-order valence-electron chi connectivity index (χ2n) is 8.02. The molecule has 1 saturated carbocycles. The monoisotopic (exact) mass is 436 g/mol. The van der Waals surface area contributed by atoms with Gasteiger partial charge in [-0.25, -0.2) is 19.4 Å². The SMILES string of the molecule is CCc1cc(-c2ccc(CCN(C#N)C(=O)N(C(=O)O)C3CCCCC3)cc2)c[nH]c1=O. The Bertz CT molecular complexity index is 1050. The number of rotatable bonds is 6. The molecule has 1 aliphatic rings. The molecule has 1 heterocycles. The van der Waals surface area contributed by atoms with Crippen molar-refractivity contribution in [3.8, 4) is 17.3 Å². The average Bonchev–Trinajstić information content (AvgIpc) is 2.81. The zero-order chi connectivity index (χ0) is 23.1. The third kappa shape index (κ3) is 5.35. The first-order valence-corrected chi connectivity index (χ1v) is 11.0. The summed E-state index contributed by atoms with van der Waals surface area (Å²) in [6, 6.07) is 8.39. The molecule has 0 aliphatic heterocycles. The summed E-state index contributed by atoms with van der Waals surface area (Å²) in [5.41, 5.74) is 3.41. The predicted molar refractivity (Wildman–Crippen MR) is 120 cm³/mol. The van der Waals surface area contributed by atoms with Gasteiger partial charge < -0.3 is 10.1 Å². The zero-order valence-corrected chi connectivity index (χ0v) is 18.2. The van der Waals surface area contributed by atoms with E-state index in [-0.39, 0.29) is 18.1 Å². The summed E-state index contributed by atoms with van der Waals surface area (Å²) in [5.74, 6) is 0. The highest BCUT2D eigenvalue weighted by atomic mass is 16.4. The van der Waals surface area contributed by atoms with Crippen molar-refractivity contribution in [3.63, 3.8) is 0 Å². The number of pyridine rings is 1. The maximum absolute atomic E-state index is 12.8. The van der Waals surface area contributed by atoms with Gasteiger partial charge in [0.1, 0.15) is 0 Å². The molecule has 1 fully saturated rings. The lowest BCUT2D eigenvalue weighted by atomic mass is 9.94. The van der Waals surface area contributed by atoms with Crippen molar-refractivity contribution in [2.75, 3.05) is 6.54 Å². The van der Waals surface area contributed by atoms with Crippen LogP contribution in [0.5, 0.6) is 0 Å². The standard InChI is InChI=1S/C24H28N4O4/c1-2-18-14-20(15-26-22(18)29)19-10-8-17(9-11-19)12-13-27(16-25)23(30)28(24(31)32)21-6-4-3-5-7-21/h8-11,14-15,21H,2-7,12-13H2,1H3,(H,26,29)(H,31,32). The molecule has 0 bridgehead atoms. The van der Waals surface area contributed by atoms with E-state index in [9.17, 15) is 24.8 Å². The fourth-order valence-electron chi connectivity index (χ4n) is 4.12. The minimum absolute atomic E-state index is 0.0854. The lowest BCUT2D eigenvalue weighted by molar-refractivity contribution is 0.110. The van der Waals surface area contributed by atoms with Gasteiger partial charge in [-0.15, -0.1) is 0 Å². The molecule has 8 nitrogen and oxygen atoms in total. The van der Waals surface area contributed by atoms with Gasteiger partial charge in [-0.2, -0.15) is 5.26 Å². The quantitative estimate of drug-likeness (QED) is 0.515. The number of hydrogen-bond donors (Lipinski definition) is 2. The number of aromatic nitrogens is 1. The Kier molecular flexibility index (Phi) is 7.66. The molecule has 0 radical (unpaired) electrons. The molecule has 0 spiro atoms. The number of imide groups is 1. The van der Waals surface area contributed by atoms with E-state index in [4.69, 9.17) is 0 Å². The van der Waals surface area contributed by atoms with E-state index in [0.717, 1.165) is 51.3 Å². The fourth-order valence-corrected chi connectivity index (χ4v) is 4.12. The van der Waals surface area contributed by atoms with Crippen LogP contribution in [-0.4, -0.2) is 44.6 Å². The topological polar surface area (TPSA) is 118 Å². The normalized spacial score (nSPS) is 13.9. The molecule has 2 aromatic rings. The van der Waals surface area contributed by atoms with Gasteiger partial charge >= 0.3 is 12.1 Å². The van der Waals surface area contributed by atoms with E-state index in [2.05, 4.69) is 4.98 Å². The van der Waals surface area contributed by atoms with Crippen LogP contribution < -0.4 is 5.56 Å².